The van der Waals surface area contributed by atoms with Gasteiger partial charge in [0.15, 0.2) is 0 Å². The molecule has 2 aliphatic rings. The monoisotopic (exact) mass is 735 g/mol. The maximum Gasteiger partial charge on any atom is 0.0478 e. The van der Waals surface area contributed by atoms with Crippen LogP contribution in [0.4, 0.5) is 11.4 Å². The molecule has 276 valence electrons. The smallest absolute Gasteiger partial charge is 0.0478 e. The lowest BCUT2D eigenvalue weighted by atomic mass is 9.60. The van der Waals surface area contributed by atoms with Gasteiger partial charge in [-0.15, -0.1) is 11.3 Å². The summed E-state index contributed by atoms with van der Waals surface area (Å²) in [6.45, 7) is 24.3. The van der Waals surface area contributed by atoms with E-state index in [1.54, 1.807) is 5.57 Å². The fourth-order valence-corrected chi connectivity index (χ4v) is 11.4. The Hall–Kier alpha value is -4.92. The molecule has 2 unspecified atom stereocenters. The molecule has 0 amide bonds. The number of thiophene rings is 1. The number of allylic oxidation sites excluding steroid dienone is 4. The summed E-state index contributed by atoms with van der Waals surface area (Å²) in [5.41, 5.74) is 16.2. The minimum atomic E-state index is -0.141. The molecule has 0 spiro atoms. The van der Waals surface area contributed by atoms with E-state index in [-0.39, 0.29) is 16.2 Å². The number of nitrogens with one attached hydrogen (secondary N) is 1. The van der Waals surface area contributed by atoms with E-state index in [0.717, 1.165) is 11.4 Å². The van der Waals surface area contributed by atoms with Crippen molar-refractivity contribution in [2.75, 3.05) is 5.32 Å². The van der Waals surface area contributed by atoms with Crippen LogP contribution in [0.25, 0.3) is 58.8 Å². The molecule has 1 heterocycles. The van der Waals surface area contributed by atoms with Crippen molar-refractivity contribution in [3.05, 3.63) is 149 Å². The highest BCUT2D eigenvalue weighted by Crippen LogP contribution is 2.63. The Balaban J connectivity index is 1.41. The molecule has 0 saturated heterocycles. The van der Waals surface area contributed by atoms with E-state index in [1.807, 2.05) is 11.3 Å². The fraction of sp³-hybridized carbons (Fsp3) is 0.283. The first kappa shape index (κ1) is 35.8. The summed E-state index contributed by atoms with van der Waals surface area (Å²) < 4.78 is 2.62. The van der Waals surface area contributed by atoms with Crippen molar-refractivity contribution in [2.24, 2.45) is 22.7 Å². The molecule has 2 heteroatoms. The molecule has 1 aromatic heterocycles. The summed E-state index contributed by atoms with van der Waals surface area (Å²) in [4.78, 5) is 0. The molecule has 7 aromatic rings. The highest BCUT2D eigenvalue weighted by atomic mass is 32.1. The van der Waals surface area contributed by atoms with Crippen LogP contribution < -0.4 is 5.32 Å². The summed E-state index contributed by atoms with van der Waals surface area (Å²) in [5.74, 6) is 0.854. The maximum absolute atomic E-state index is 4.03. The SMILES string of the molecule is Cc1ccccc1-c1c(-c2cc3c(cc2Nc2cccc4ccccc24)sc2ccccc23)ccc2c1C1=C(C(C)(C)C)C(C)C(C(C)(C)C)C=C1C2(C)C. The first-order valence-corrected chi connectivity index (χ1v) is 20.9. The largest absolute Gasteiger partial charge is 0.354 e. The van der Waals surface area contributed by atoms with Crippen molar-refractivity contribution in [1.29, 1.82) is 0 Å². The van der Waals surface area contributed by atoms with Gasteiger partial charge in [-0.3, -0.25) is 0 Å². The summed E-state index contributed by atoms with van der Waals surface area (Å²) in [6.07, 6.45) is 2.69. The van der Waals surface area contributed by atoms with Crippen LogP contribution in [0.5, 0.6) is 0 Å². The van der Waals surface area contributed by atoms with Crippen molar-refractivity contribution in [1.82, 2.24) is 0 Å². The molecular formula is C53H53NS. The maximum atomic E-state index is 4.03. The van der Waals surface area contributed by atoms with E-state index in [4.69, 9.17) is 0 Å². The number of hydrogen-bond donors (Lipinski definition) is 1. The minimum absolute atomic E-state index is 0.00988. The second-order valence-electron chi connectivity index (χ2n) is 18.8. The van der Waals surface area contributed by atoms with Crippen molar-refractivity contribution in [2.45, 2.75) is 74.7 Å². The van der Waals surface area contributed by atoms with E-state index in [0.29, 0.717) is 11.8 Å². The summed E-state index contributed by atoms with van der Waals surface area (Å²) in [5, 5.41) is 9.12. The van der Waals surface area contributed by atoms with Crippen LogP contribution in [0.1, 0.15) is 79.0 Å². The van der Waals surface area contributed by atoms with Gasteiger partial charge < -0.3 is 5.32 Å². The fourth-order valence-electron chi connectivity index (χ4n) is 10.3. The summed E-state index contributed by atoms with van der Waals surface area (Å²) in [7, 11) is 0. The normalized spacial score (nSPS) is 18.2. The zero-order valence-corrected chi connectivity index (χ0v) is 34.9. The molecule has 0 aliphatic heterocycles. The number of anilines is 2. The molecule has 55 heavy (non-hydrogen) atoms. The molecule has 0 radical (unpaired) electrons. The Kier molecular flexibility index (Phi) is 8.16. The van der Waals surface area contributed by atoms with Gasteiger partial charge in [-0.1, -0.05) is 165 Å². The summed E-state index contributed by atoms with van der Waals surface area (Å²) >= 11 is 1.88. The predicted octanol–water partition coefficient (Wildman–Crippen LogP) is 15.9. The third-order valence-electron chi connectivity index (χ3n) is 12.8. The molecule has 2 aliphatic carbocycles. The predicted molar refractivity (Wildman–Crippen MR) is 242 cm³/mol. The second-order valence-corrected chi connectivity index (χ2v) is 19.9. The Morgan fingerprint density at radius 2 is 1.31 bits per heavy atom. The first-order chi connectivity index (χ1) is 26.1. The van der Waals surface area contributed by atoms with Crippen LogP contribution in [0.2, 0.25) is 0 Å². The third-order valence-corrected chi connectivity index (χ3v) is 13.9. The molecule has 9 rings (SSSR count). The average Bonchev–Trinajstić information content (AvgIpc) is 3.61. The standard InChI is InChI=1S/C53H53NS/c1-31-18-11-13-21-34(31)47-37(26-27-40-48(47)49-42(53(40,9)10)29-41(51(3,4)5)32(2)50(49)52(6,7)8)38-28-39-36-23-15-16-25-45(36)55-46(39)30-44(38)54-43-24-17-20-33-19-12-14-22-35(33)43/h11-30,32,41,54H,1-10H3. The van der Waals surface area contributed by atoms with Gasteiger partial charge in [0.25, 0.3) is 0 Å². The molecule has 0 fully saturated rings. The average molecular weight is 736 g/mol. The Bertz CT molecular complexity index is 2750. The molecule has 1 nitrogen and oxygen atoms in total. The number of benzene rings is 6. The van der Waals surface area contributed by atoms with Crippen LogP contribution in [0, 0.1) is 29.6 Å². The van der Waals surface area contributed by atoms with E-state index >= 15 is 0 Å². The van der Waals surface area contributed by atoms with Crippen LogP contribution in [-0.2, 0) is 5.41 Å². The van der Waals surface area contributed by atoms with Gasteiger partial charge in [0.2, 0.25) is 0 Å². The summed E-state index contributed by atoms with van der Waals surface area (Å²) in [6, 6.07) is 43.1. The molecule has 1 N–H and O–H groups in total. The second kappa shape index (κ2) is 12.6. The van der Waals surface area contributed by atoms with Gasteiger partial charge in [-0.25, -0.2) is 0 Å². The van der Waals surface area contributed by atoms with Gasteiger partial charge >= 0.3 is 0 Å². The zero-order chi connectivity index (χ0) is 38.6. The van der Waals surface area contributed by atoms with Crippen LogP contribution in [-0.4, -0.2) is 0 Å². The van der Waals surface area contributed by atoms with Gasteiger partial charge in [-0.05, 0) is 104 Å². The van der Waals surface area contributed by atoms with Crippen molar-refractivity contribution < 1.29 is 0 Å². The van der Waals surface area contributed by atoms with Crippen molar-refractivity contribution >= 4 is 59.2 Å². The first-order valence-electron chi connectivity index (χ1n) is 20.1. The molecule has 2 atom stereocenters. The quantitative estimate of drug-likeness (QED) is 0.190. The van der Waals surface area contributed by atoms with E-state index < -0.39 is 0 Å². The van der Waals surface area contributed by atoms with Crippen LogP contribution in [0.3, 0.4) is 0 Å². The van der Waals surface area contributed by atoms with E-state index in [1.165, 1.54) is 81.0 Å². The number of rotatable bonds is 4. The molecular weight excluding hydrogens is 683 g/mol. The number of fused-ring (bicyclic) bond motifs is 7. The third kappa shape index (κ3) is 5.62. The molecule has 0 saturated carbocycles. The highest BCUT2D eigenvalue weighted by molar-refractivity contribution is 7.25. The number of hydrogen-bond acceptors (Lipinski definition) is 2. The van der Waals surface area contributed by atoms with Gasteiger partial charge in [0, 0.05) is 47.9 Å². The lowest BCUT2D eigenvalue weighted by Crippen LogP contribution is -2.34. The lowest BCUT2D eigenvalue weighted by molar-refractivity contribution is 0.217. The van der Waals surface area contributed by atoms with E-state index in [9.17, 15) is 0 Å². The van der Waals surface area contributed by atoms with Gasteiger partial charge in [0.1, 0.15) is 0 Å². The van der Waals surface area contributed by atoms with Gasteiger partial charge in [-0.2, -0.15) is 0 Å². The topological polar surface area (TPSA) is 12.0 Å². The Morgan fingerprint density at radius 3 is 2.05 bits per heavy atom. The highest BCUT2D eigenvalue weighted by Gasteiger charge is 2.49. The van der Waals surface area contributed by atoms with Gasteiger partial charge in [0.05, 0.1) is 0 Å². The van der Waals surface area contributed by atoms with Crippen molar-refractivity contribution in [3.8, 4) is 22.3 Å². The lowest BCUT2D eigenvalue weighted by Gasteiger charge is -2.44. The van der Waals surface area contributed by atoms with Crippen molar-refractivity contribution in [3.63, 3.8) is 0 Å². The van der Waals surface area contributed by atoms with Crippen LogP contribution in [0.15, 0.2) is 132 Å². The number of aryl methyl sites for hydroxylation is 1. The van der Waals surface area contributed by atoms with E-state index in [2.05, 4.69) is 196 Å². The van der Waals surface area contributed by atoms with Crippen LogP contribution >= 0.6 is 11.3 Å². The molecule has 6 aromatic carbocycles. The molecule has 0 bridgehead atoms. The Morgan fingerprint density at radius 1 is 0.618 bits per heavy atom. The minimum Gasteiger partial charge on any atom is -0.354 e. The Labute approximate surface area is 331 Å². The zero-order valence-electron chi connectivity index (χ0n) is 34.1.